The van der Waals surface area contributed by atoms with Crippen LogP contribution >= 0.6 is 23.1 Å². The summed E-state index contributed by atoms with van der Waals surface area (Å²) in [6.45, 7) is 1.90. The zero-order valence-corrected chi connectivity index (χ0v) is 18.9. The van der Waals surface area contributed by atoms with E-state index in [9.17, 15) is 15.0 Å². The summed E-state index contributed by atoms with van der Waals surface area (Å²) < 4.78 is 0.932. The van der Waals surface area contributed by atoms with Crippen LogP contribution in [-0.4, -0.2) is 44.0 Å². The Labute approximate surface area is 186 Å². The molecule has 2 N–H and O–H groups in total. The summed E-state index contributed by atoms with van der Waals surface area (Å²) >= 11 is 3.06. The van der Waals surface area contributed by atoms with Crippen molar-refractivity contribution in [2.24, 2.45) is 0 Å². The van der Waals surface area contributed by atoms with E-state index in [4.69, 9.17) is 0 Å². The molecule has 6 nitrogen and oxygen atoms in total. The van der Waals surface area contributed by atoms with Gasteiger partial charge in [0.25, 0.3) is 0 Å². The smallest absolute Gasteiger partial charge is 0.231 e. The van der Waals surface area contributed by atoms with Gasteiger partial charge in [0.05, 0.1) is 24.7 Å². The summed E-state index contributed by atoms with van der Waals surface area (Å²) in [4.78, 5) is 22.4. The minimum atomic E-state index is -0.696. The van der Waals surface area contributed by atoms with Crippen molar-refractivity contribution >= 4 is 34.8 Å². The fraction of sp³-hybridized carbons (Fsp3) is 0.471. The van der Waals surface area contributed by atoms with Gasteiger partial charge in [-0.05, 0) is 34.6 Å². The maximum Gasteiger partial charge on any atom is 0.231 e. The summed E-state index contributed by atoms with van der Waals surface area (Å²) in [5.41, 5.74) is 0.727. The van der Waals surface area contributed by atoms with Crippen LogP contribution in [-0.2, 0) is 37.5 Å². The number of hydrogen-bond donors (Lipinski definition) is 2. The number of anilines is 1. The average molecular weight is 467 g/mol. The van der Waals surface area contributed by atoms with E-state index in [1.807, 2.05) is 6.92 Å². The van der Waals surface area contributed by atoms with Gasteiger partial charge < -0.3 is 26.5 Å². The molecule has 1 aliphatic rings. The van der Waals surface area contributed by atoms with E-state index >= 15 is 0 Å². The number of carbonyl (C=O) groups excluding carboxylic acids is 1. The largest absolute Gasteiger partial charge is 0.390 e. The predicted molar refractivity (Wildman–Crippen MR) is 97.7 cm³/mol. The number of rotatable bonds is 7. The van der Waals surface area contributed by atoms with Gasteiger partial charge in [0, 0.05) is 38.9 Å². The number of thioether (sulfide) groups is 1. The number of carbonyl (C=O) groups is 1. The zero-order valence-electron chi connectivity index (χ0n) is 14.4. The molecular weight excluding hydrogens is 447 g/mol. The van der Waals surface area contributed by atoms with Crippen molar-refractivity contribution in [2.45, 2.75) is 48.8 Å². The van der Waals surface area contributed by atoms with Gasteiger partial charge in [-0.25, -0.2) is 4.98 Å². The first-order chi connectivity index (χ1) is 12.1. The molecule has 0 aromatic carbocycles. The molecule has 9 heteroatoms. The molecule has 3 heterocycles. The molecule has 0 aliphatic carbocycles. The van der Waals surface area contributed by atoms with Crippen LogP contribution in [0.3, 0.4) is 0 Å². The van der Waals surface area contributed by atoms with Crippen LogP contribution < -0.4 is 4.90 Å². The van der Waals surface area contributed by atoms with Crippen LogP contribution in [0.25, 0.3) is 0 Å². The van der Waals surface area contributed by atoms with E-state index in [1.165, 1.54) is 11.3 Å². The molecule has 137 valence electrons. The van der Waals surface area contributed by atoms with Crippen LogP contribution in [0.15, 0.2) is 28.9 Å². The molecule has 0 spiro atoms. The third kappa shape index (κ3) is 5.11. The molecule has 1 saturated heterocycles. The number of thiazole rings is 1. The van der Waals surface area contributed by atoms with E-state index < -0.39 is 12.2 Å². The summed E-state index contributed by atoms with van der Waals surface area (Å²) in [6.07, 6.45) is 3.36. The molecule has 1 fully saturated rings. The van der Waals surface area contributed by atoms with Crippen molar-refractivity contribution in [3.05, 3.63) is 35.5 Å². The number of amides is 1. The minimum Gasteiger partial charge on any atom is -0.390 e. The molecule has 2 aromatic rings. The van der Waals surface area contributed by atoms with Crippen molar-refractivity contribution in [1.29, 1.82) is 0 Å². The van der Waals surface area contributed by atoms with Crippen molar-refractivity contribution in [2.75, 3.05) is 10.7 Å². The Morgan fingerprint density at radius 1 is 1.46 bits per heavy atom. The minimum absolute atomic E-state index is 0. The number of nitrogens with zero attached hydrogens (tertiary/aromatic N) is 3. The number of pyridine rings is 1. The van der Waals surface area contributed by atoms with Gasteiger partial charge in [-0.1, -0.05) is 19.2 Å². The second-order valence-electron chi connectivity index (χ2n) is 5.86. The molecule has 2 aromatic heterocycles. The van der Waals surface area contributed by atoms with E-state index in [1.54, 1.807) is 41.2 Å². The second kappa shape index (κ2) is 10.2. The van der Waals surface area contributed by atoms with Crippen LogP contribution in [0.5, 0.6) is 0 Å². The Hall–Kier alpha value is -0.376. The van der Waals surface area contributed by atoms with Gasteiger partial charge in [0.2, 0.25) is 5.91 Å². The standard InChI is InChI=1S/C17H20N3O3S2.Y/c1-2-13(21)11-3-4-15(19-10-11)20-12(14(22)9-16(20)23)5-7-24-17-18-6-8-25-17;/h3-4,6,10,12-14,21-22H,2,5,7,9H2,1H3;/q-1;. The molecule has 1 amide bonds. The summed E-state index contributed by atoms with van der Waals surface area (Å²) in [6, 6.07) is 3.23. The molecule has 3 rings (SSSR count). The fourth-order valence-corrected chi connectivity index (χ4v) is 4.48. The molecule has 26 heavy (non-hydrogen) atoms. The van der Waals surface area contributed by atoms with Gasteiger partial charge in [0.1, 0.15) is 5.82 Å². The Kier molecular flexibility index (Phi) is 8.64. The van der Waals surface area contributed by atoms with Crippen LogP contribution in [0.1, 0.15) is 37.9 Å². The van der Waals surface area contributed by atoms with Crippen LogP contribution in [0.2, 0.25) is 0 Å². The Bertz CT molecular complexity index is 700. The van der Waals surface area contributed by atoms with Gasteiger partial charge >= 0.3 is 0 Å². The van der Waals surface area contributed by atoms with Crippen LogP contribution in [0, 0.1) is 5.38 Å². The molecule has 3 atom stereocenters. The first kappa shape index (κ1) is 21.9. The van der Waals surface area contributed by atoms with Gasteiger partial charge in [-0.3, -0.25) is 9.69 Å². The topological polar surface area (TPSA) is 86.5 Å². The molecular formula is C17H20N3O3S2Y-. The predicted octanol–water partition coefficient (Wildman–Crippen LogP) is 2.43. The summed E-state index contributed by atoms with van der Waals surface area (Å²) in [7, 11) is 0. The molecule has 3 unspecified atom stereocenters. The normalized spacial score (nSPS) is 20.9. The fourth-order valence-electron chi connectivity index (χ4n) is 2.88. The Morgan fingerprint density at radius 3 is 2.88 bits per heavy atom. The van der Waals surface area contributed by atoms with Crippen molar-refractivity contribution in [1.82, 2.24) is 9.97 Å². The number of aliphatic hydroxyl groups excluding tert-OH is 2. The van der Waals surface area contributed by atoms with Crippen LogP contribution in [0.4, 0.5) is 5.82 Å². The summed E-state index contributed by atoms with van der Waals surface area (Å²) in [5.74, 6) is 1.15. The first-order valence-electron chi connectivity index (χ1n) is 8.19. The molecule has 1 aliphatic heterocycles. The SMILES string of the molecule is CCC(O)c1ccc(N2C(=O)CC(O)C2CCSc2nc[c-]s2)nc1.[Y]. The molecule has 0 saturated carbocycles. The molecule has 0 bridgehead atoms. The maximum atomic E-state index is 12.3. The van der Waals surface area contributed by atoms with E-state index in [0.717, 1.165) is 15.7 Å². The van der Waals surface area contributed by atoms with Crippen molar-refractivity contribution in [3.63, 3.8) is 0 Å². The molecule has 1 radical (unpaired) electrons. The number of aliphatic hydroxyl groups is 2. The monoisotopic (exact) mass is 467 g/mol. The van der Waals surface area contributed by atoms with Gasteiger partial charge in [0.15, 0.2) is 0 Å². The number of hydrogen-bond acceptors (Lipinski definition) is 7. The van der Waals surface area contributed by atoms with E-state index in [-0.39, 0.29) is 51.1 Å². The quantitative estimate of drug-likeness (QED) is 0.481. The zero-order chi connectivity index (χ0) is 17.8. The van der Waals surface area contributed by atoms with Crippen molar-refractivity contribution in [3.8, 4) is 0 Å². The first-order valence-corrected chi connectivity index (χ1v) is 9.99. The third-order valence-electron chi connectivity index (χ3n) is 4.23. The second-order valence-corrected chi connectivity index (χ2v) is 8.03. The van der Waals surface area contributed by atoms with Gasteiger partial charge in [-0.15, -0.1) is 0 Å². The van der Waals surface area contributed by atoms with E-state index in [2.05, 4.69) is 15.3 Å². The van der Waals surface area contributed by atoms with Gasteiger partial charge in [-0.2, -0.15) is 17.1 Å². The van der Waals surface area contributed by atoms with E-state index in [0.29, 0.717) is 18.7 Å². The summed E-state index contributed by atoms with van der Waals surface area (Å²) in [5, 5.41) is 23.1. The maximum absolute atomic E-state index is 12.3. The average Bonchev–Trinajstić information content (AvgIpc) is 3.23. The number of aromatic nitrogens is 2. The van der Waals surface area contributed by atoms with Crippen molar-refractivity contribution < 1.29 is 47.7 Å². The Balaban J connectivity index is 0.00000243. The Morgan fingerprint density at radius 2 is 2.27 bits per heavy atom. The third-order valence-corrected chi connectivity index (χ3v) is 6.12.